The van der Waals surface area contributed by atoms with Crippen LogP contribution in [0.25, 0.3) is 11.0 Å². The number of benzene rings is 1. The molecule has 0 bridgehead atoms. The molecule has 4 heterocycles. The predicted octanol–water partition coefficient (Wildman–Crippen LogP) is 0.971. The molecule has 1 saturated heterocycles. The minimum atomic E-state index is -0.569. The lowest BCUT2D eigenvalue weighted by molar-refractivity contribution is -0.143. The number of rotatable bonds is 4. The third-order valence-corrected chi connectivity index (χ3v) is 5.83. The Morgan fingerprint density at radius 3 is 2.61 bits per heavy atom. The van der Waals surface area contributed by atoms with Gasteiger partial charge in [-0.3, -0.25) is 18.7 Å². The number of hydrogen-bond donors (Lipinski definition) is 0. The highest BCUT2D eigenvalue weighted by Gasteiger charge is 2.27. The number of carbonyl (C=O) groups is 1. The molecule has 0 radical (unpaired) electrons. The molecule has 0 saturated carbocycles. The molecule has 172 valence electrons. The van der Waals surface area contributed by atoms with Gasteiger partial charge in [0.1, 0.15) is 6.54 Å². The highest BCUT2D eigenvalue weighted by Crippen LogP contribution is 2.32. The Morgan fingerprint density at radius 1 is 1.06 bits per heavy atom. The van der Waals surface area contributed by atoms with Crippen molar-refractivity contribution < 1.29 is 19.0 Å². The van der Waals surface area contributed by atoms with Crippen LogP contribution in [0.3, 0.4) is 0 Å². The molecule has 1 aromatic carbocycles. The maximum atomic E-state index is 13.4. The lowest BCUT2D eigenvalue weighted by atomic mass is 10.2. The first-order chi connectivity index (χ1) is 15.9. The quantitative estimate of drug-likeness (QED) is 0.581. The first-order valence-corrected chi connectivity index (χ1v) is 10.8. The Kier molecular flexibility index (Phi) is 5.37. The van der Waals surface area contributed by atoms with Gasteiger partial charge in [-0.15, -0.1) is 0 Å². The molecule has 1 fully saturated rings. The van der Waals surface area contributed by atoms with Gasteiger partial charge in [-0.25, -0.2) is 9.78 Å². The number of fused-ring (bicyclic) bond motifs is 2. The van der Waals surface area contributed by atoms with E-state index >= 15 is 0 Å². The predicted molar refractivity (Wildman–Crippen MR) is 119 cm³/mol. The first kappa shape index (κ1) is 21.2. The van der Waals surface area contributed by atoms with Crippen molar-refractivity contribution in [1.29, 1.82) is 0 Å². The Bertz CT molecular complexity index is 1340. The molecule has 0 aliphatic carbocycles. The molecule has 2 aromatic heterocycles. The summed E-state index contributed by atoms with van der Waals surface area (Å²) in [6.07, 6.45) is 1.32. The summed E-state index contributed by atoms with van der Waals surface area (Å²) >= 11 is 0. The van der Waals surface area contributed by atoms with Gasteiger partial charge >= 0.3 is 5.69 Å². The molecule has 0 N–H and O–H groups in total. The SMILES string of the molecule is CC1CN(C(=O)Cn2c(=O)n(Cc3ccc4c(c3)OCO4)c(=O)c3ncccc32)CC(C)O1. The average Bonchev–Trinajstić information content (AvgIpc) is 3.26. The summed E-state index contributed by atoms with van der Waals surface area (Å²) in [6.45, 7) is 4.67. The van der Waals surface area contributed by atoms with E-state index in [0.29, 0.717) is 35.7 Å². The van der Waals surface area contributed by atoms with Gasteiger partial charge in [0.25, 0.3) is 5.56 Å². The molecule has 5 rings (SSSR count). The molecule has 10 nitrogen and oxygen atoms in total. The zero-order chi connectivity index (χ0) is 23.1. The number of hydrogen-bond acceptors (Lipinski definition) is 7. The summed E-state index contributed by atoms with van der Waals surface area (Å²) < 4.78 is 18.9. The highest BCUT2D eigenvalue weighted by atomic mass is 16.7. The van der Waals surface area contributed by atoms with E-state index in [1.807, 2.05) is 13.8 Å². The minimum absolute atomic E-state index is 0.0145. The lowest BCUT2D eigenvalue weighted by Crippen LogP contribution is -2.50. The van der Waals surface area contributed by atoms with Gasteiger partial charge in [0.05, 0.1) is 24.3 Å². The molecule has 33 heavy (non-hydrogen) atoms. The number of amides is 1. The summed E-state index contributed by atoms with van der Waals surface area (Å²) in [7, 11) is 0. The van der Waals surface area contributed by atoms with Crippen molar-refractivity contribution in [3.63, 3.8) is 0 Å². The number of aromatic nitrogens is 3. The van der Waals surface area contributed by atoms with Crippen molar-refractivity contribution in [3.8, 4) is 11.5 Å². The lowest BCUT2D eigenvalue weighted by Gasteiger charge is -2.35. The van der Waals surface area contributed by atoms with Crippen LogP contribution in [0.4, 0.5) is 0 Å². The molecular weight excluding hydrogens is 428 g/mol. The Morgan fingerprint density at radius 2 is 1.82 bits per heavy atom. The van der Waals surface area contributed by atoms with Gasteiger partial charge in [-0.1, -0.05) is 6.07 Å². The van der Waals surface area contributed by atoms with Crippen molar-refractivity contribution in [2.45, 2.75) is 39.1 Å². The second kappa shape index (κ2) is 8.36. The molecule has 0 spiro atoms. The third-order valence-electron chi connectivity index (χ3n) is 5.83. The van der Waals surface area contributed by atoms with E-state index < -0.39 is 11.2 Å². The number of nitrogens with zero attached hydrogens (tertiary/aromatic N) is 4. The Balaban J connectivity index is 1.54. The van der Waals surface area contributed by atoms with E-state index in [2.05, 4.69) is 4.98 Å². The van der Waals surface area contributed by atoms with Gasteiger partial charge in [-0.05, 0) is 43.7 Å². The molecule has 2 unspecified atom stereocenters. The fourth-order valence-corrected chi connectivity index (χ4v) is 4.37. The molecule has 2 atom stereocenters. The van der Waals surface area contributed by atoms with Crippen molar-refractivity contribution in [2.75, 3.05) is 19.9 Å². The highest BCUT2D eigenvalue weighted by molar-refractivity contribution is 5.79. The average molecular weight is 452 g/mol. The summed E-state index contributed by atoms with van der Waals surface area (Å²) in [6, 6.07) is 8.53. The van der Waals surface area contributed by atoms with E-state index in [0.717, 1.165) is 4.57 Å². The van der Waals surface area contributed by atoms with Crippen LogP contribution < -0.4 is 20.7 Å². The molecule has 2 aliphatic heterocycles. The van der Waals surface area contributed by atoms with E-state index in [-0.39, 0.29) is 43.5 Å². The molecule has 3 aromatic rings. The van der Waals surface area contributed by atoms with Crippen LogP contribution in [0, 0.1) is 0 Å². The van der Waals surface area contributed by atoms with Crippen LogP contribution >= 0.6 is 0 Å². The van der Waals surface area contributed by atoms with Gasteiger partial charge in [0, 0.05) is 19.3 Å². The fourth-order valence-electron chi connectivity index (χ4n) is 4.37. The van der Waals surface area contributed by atoms with Crippen molar-refractivity contribution >= 4 is 16.9 Å². The largest absolute Gasteiger partial charge is 0.454 e. The number of pyridine rings is 1. The summed E-state index contributed by atoms with van der Waals surface area (Å²) in [5.74, 6) is 0.964. The molecular formula is C23H24N4O6. The van der Waals surface area contributed by atoms with Gasteiger partial charge in [0.15, 0.2) is 17.0 Å². The molecule has 1 amide bonds. The minimum Gasteiger partial charge on any atom is -0.454 e. The van der Waals surface area contributed by atoms with Crippen LogP contribution in [0.2, 0.25) is 0 Å². The van der Waals surface area contributed by atoms with Crippen molar-refractivity contribution in [3.05, 3.63) is 62.9 Å². The summed E-state index contributed by atoms with van der Waals surface area (Å²) in [5.41, 5.74) is 0.0837. The first-order valence-electron chi connectivity index (χ1n) is 10.8. The van der Waals surface area contributed by atoms with Crippen LogP contribution in [-0.2, 0) is 22.6 Å². The van der Waals surface area contributed by atoms with Crippen LogP contribution in [0.1, 0.15) is 19.4 Å². The van der Waals surface area contributed by atoms with Crippen LogP contribution in [0.5, 0.6) is 11.5 Å². The smallest absolute Gasteiger partial charge is 0.332 e. The van der Waals surface area contributed by atoms with E-state index in [1.165, 1.54) is 10.8 Å². The third kappa shape index (κ3) is 3.97. The number of carbonyl (C=O) groups excluding carboxylic acids is 1. The second-order valence-corrected chi connectivity index (χ2v) is 8.37. The van der Waals surface area contributed by atoms with Crippen LogP contribution in [-0.4, -0.2) is 57.0 Å². The monoisotopic (exact) mass is 452 g/mol. The maximum absolute atomic E-state index is 13.4. The van der Waals surface area contributed by atoms with E-state index in [9.17, 15) is 14.4 Å². The van der Waals surface area contributed by atoms with Gasteiger partial charge in [0.2, 0.25) is 12.7 Å². The Labute approximate surface area is 188 Å². The summed E-state index contributed by atoms with van der Waals surface area (Å²) in [4.78, 5) is 45.6. The standard InChI is InChI=1S/C23H24N4O6/c1-14-9-25(10-15(2)33-14)20(28)12-26-17-4-3-7-24-21(17)22(29)27(23(26)30)11-16-5-6-18-19(8-16)32-13-31-18/h3-8,14-15H,9-13H2,1-2H3. The second-order valence-electron chi connectivity index (χ2n) is 8.37. The zero-order valence-corrected chi connectivity index (χ0v) is 18.4. The molecule has 10 heteroatoms. The van der Waals surface area contributed by atoms with Gasteiger partial charge in [-0.2, -0.15) is 0 Å². The number of ether oxygens (including phenoxy) is 3. The molecule has 2 aliphatic rings. The van der Waals surface area contributed by atoms with E-state index in [1.54, 1.807) is 35.2 Å². The topological polar surface area (TPSA) is 105 Å². The van der Waals surface area contributed by atoms with Gasteiger partial charge < -0.3 is 19.1 Å². The van der Waals surface area contributed by atoms with Crippen LogP contribution in [0.15, 0.2) is 46.1 Å². The summed E-state index contributed by atoms with van der Waals surface area (Å²) in [5, 5.41) is 0. The van der Waals surface area contributed by atoms with E-state index in [4.69, 9.17) is 14.2 Å². The normalized spacial score (nSPS) is 19.8. The Hall–Kier alpha value is -3.66. The van der Waals surface area contributed by atoms with Crippen molar-refractivity contribution in [1.82, 2.24) is 19.0 Å². The number of morpholine rings is 1. The zero-order valence-electron chi connectivity index (χ0n) is 18.4. The maximum Gasteiger partial charge on any atom is 0.332 e. The van der Waals surface area contributed by atoms with Crippen molar-refractivity contribution in [2.24, 2.45) is 0 Å². The fraction of sp³-hybridized carbons (Fsp3) is 0.391.